The highest BCUT2D eigenvalue weighted by atomic mass is 16.5. The zero-order valence-corrected chi connectivity index (χ0v) is 11.2. The zero-order chi connectivity index (χ0) is 12.2. The van der Waals surface area contributed by atoms with E-state index in [9.17, 15) is 0 Å². The largest absolute Gasteiger partial charge is 0.379 e. The molecule has 0 radical (unpaired) electrons. The fraction of sp³-hybridized carbons (Fsp3) is 0.857. The lowest BCUT2D eigenvalue weighted by molar-refractivity contribution is -0.0418. The molecule has 0 aliphatic carbocycles. The quantitative estimate of drug-likeness (QED) is 0.394. The van der Waals surface area contributed by atoms with Crippen LogP contribution in [0.1, 0.15) is 51.9 Å². The van der Waals surface area contributed by atoms with E-state index in [0.29, 0.717) is 0 Å². The number of hydrogen-bond acceptors (Lipinski definition) is 2. The monoisotopic (exact) mass is 228 g/mol. The normalized spacial score (nSPS) is 14.7. The van der Waals surface area contributed by atoms with Crippen molar-refractivity contribution in [1.82, 2.24) is 0 Å². The third kappa shape index (κ3) is 7.02. The molecule has 0 fully saturated rings. The molecule has 96 valence electrons. The van der Waals surface area contributed by atoms with E-state index in [4.69, 9.17) is 9.47 Å². The summed E-state index contributed by atoms with van der Waals surface area (Å²) in [5.41, 5.74) is 0. The van der Waals surface area contributed by atoms with Crippen LogP contribution in [0.15, 0.2) is 12.7 Å². The molecule has 0 aliphatic heterocycles. The van der Waals surface area contributed by atoms with E-state index in [-0.39, 0.29) is 12.2 Å². The average Bonchev–Trinajstić information content (AvgIpc) is 2.32. The molecule has 0 aliphatic rings. The van der Waals surface area contributed by atoms with Gasteiger partial charge in [0.05, 0.1) is 12.2 Å². The van der Waals surface area contributed by atoms with Gasteiger partial charge in [0.15, 0.2) is 0 Å². The van der Waals surface area contributed by atoms with E-state index in [0.717, 1.165) is 19.3 Å². The van der Waals surface area contributed by atoms with Crippen molar-refractivity contribution in [2.24, 2.45) is 0 Å². The molecule has 0 aromatic rings. The Bertz CT molecular complexity index is 153. The summed E-state index contributed by atoms with van der Waals surface area (Å²) < 4.78 is 10.9. The average molecular weight is 228 g/mol. The second-order valence-electron chi connectivity index (χ2n) is 4.24. The van der Waals surface area contributed by atoms with Crippen LogP contribution in [0.4, 0.5) is 0 Å². The van der Waals surface area contributed by atoms with E-state index in [1.807, 2.05) is 6.08 Å². The topological polar surface area (TPSA) is 18.5 Å². The molecule has 0 saturated carbocycles. The second-order valence-corrected chi connectivity index (χ2v) is 4.24. The molecule has 2 atom stereocenters. The molecule has 0 aromatic heterocycles. The molecule has 0 N–H and O–H groups in total. The van der Waals surface area contributed by atoms with Gasteiger partial charge in [0.1, 0.15) is 0 Å². The molecule has 0 saturated heterocycles. The van der Waals surface area contributed by atoms with Gasteiger partial charge in [-0.25, -0.2) is 0 Å². The van der Waals surface area contributed by atoms with Gasteiger partial charge in [0.2, 0.25) is 0 Å². The van der Waals surface area contributed by atoms with Gasteiger partial charge in [0, 0.05) is 14.2 Å². The van der Waals surface area contributed by atoms with Gasteiger partial charge in [-0.05, 0) is 25.7 Å². The van der Waals surface area contributed by atoms with E-state index < -0.39 is 0 Å². The number of unbranched alkanes of at least 4 members (excludes halogenated alkanes) is 4. The molecule has 0 rings (SSSR count). The molecule has 0 aromatic carbocycles. The summed E-state index contributed by atoms with van der Waals surface area (Å²) in [6.45, 7) is 5.87. The smallest absolute Gasteiger partial charge is 0.0832 e. The predicted octanol–water partition coefficient (Wildman–Crippen LogP) is 3.95. The van der Waals surface area contributed by atoms with E-state index in [1.165, 1.54) is 25.7 Å². The van der Waals surface area contributed by atoms with Crippen LogP contribution >= 0.6 is 0 Å². The standard InChI is InChI=1S/C14H28O2/c1-5-7-8-9-10-11-12-14(16-4)13(6-2)15-3/h5,13-14H,1,6-12H2,2-4H3. The summed E-state index contributed by atoms with van der Waals surface area (Å²) in [6.07, 6.45) is 10.9. The zero-order valence-electron chi connectivity index (χ0n) is 11.2. The Kier molecular flexibility index (Phi) is 10.9. The molecule has 0 amide bonds. The lowest BCUT2D eigenvalue weighted by Gasteiger charge is -2.23. The van der Waals surface area contributed by atoms with Crippen molar-refractivity contribution in [3.05, 3.63) is 12.7 Å². The molecule has 0 heterocycles. The van der Waals surface area contributed by atoms with Crippen molar-refractivity contribution < 1.29 is 9.47 Å². The highest BCUT2D eigenvalue weighted by molar-refractivity contribution is 4.69. The minimum Gasteiger partial charge on any atom is -0.379 e. The van der Waals surface area contributed by atoms with Crippen molar-refractivity contribution in [1.29, 1.82) is 0 Å². The Morgan fingerprint density at radius 1 is 1.00 bits per heavy atom. The number of hydrogen-bond donors (Lipinski definition) is 0. The Labute approximate surface area is 101 Å². The molecule has 2 nitrogen and oxygen atoms in total. The first kappa shape index (κ1) is 15.7. The molecule has 2 unspecified atom stereocenters. The third-order valence-corrected chi connectivity index (χ3v) is 3.07. The summed E-state index contributed by atoms with van der Waals surface area (Å²) in [5.74, 6) is 0. The van der Waals surface area contributed by atoms with E-state index in [1.54, 1.807) is 14.2 Å². The summed E-state index contributed by atoms with van der Waals surface area (Å²) in [5, 5.41) is 0. The molecule has 0 bridgehead atoms. The highest BCUT2D eigenvalue weighted by Crippen LogP contribution is 2.15. The Morgan fingerprint density at radius 2 is 1.62 bits per heavy atom. The van der Waals surface area contributed by atoms with Crippen LogP contribution in [0.25, 0.3) is 0 Å². The predicted molar refractivity (Wildman–Crippen MR) is 69.8 cm³/mol. The number of allylic oxidation sites excluding steroid dienone is 1. The van der Waals surface area contributed by atoms with Gasteiger partial charge < -0.3 is 9.47 Å². The van der Waals surface area contributed by atoms with Crippen molar-refractivity contribution in [3.8, 4) is 0 Å². The molecule has 2 heteroatoms. The van der Waals surface area contributed by atoms with Crippen LogP contribution in [0.5, 0.6) is 0 Å². The molecular weight excluding hydrogens is 200 g/mol. The lowest BCUT2D eigenvalue weighted by atomic mass is 10.0. The maximum atomic E-state index is 5.48. The molecule has 16 heavy (non-hydrogen) atoms. The van der Waals surface area contributed by atoms with Crippen molar-refractivity contribution >= 4 is 0 Å². The third-order valence-electron chi connectivity index (χ3n) is 3.07. The molecule has 0 spiro atoms. The summed E-state index contributed by atoms with van der Waals surface area (Å²) in [4.78, 5) is 0. The summed E-state index contributed by atoms with van der Waals surface area (Å²) in [7, 11) is 3.55. The first-order valence-electron chi connectivity index (χ1n) is 6.46. The number of ether oxygens (including phenoxy) is 2. The fourth-order valence-corrected chi connectivity index (χ4v) is 2.02. The van der Waals surface area contributed by atoms with E-state index >= 15 is 0 Å². The second kappa shape index (κ2) is 11.2. The van der Waals surface area contributed by atoms with E-state index in [2.05, 4.69) is 13.5 Å². The van der Waals surface area contributed by atoms with Crippen LogP contribution in [0.3, 0.4) is 0 Å². The Balaban J connectivity index is 3.58. The van der Waals surface area contributed by atoms with Crippen LogP contribution in [-0.2, 0) is 9.47 Å². The van der Waals surface area contributed by atoms with Crippen LogP contribution in [0, 0.1) is 0 Å². The lowest BCUT2D eigenvalue weighted by Crippen LogP contribution is -2.29. The fourth-order valence-electron chi connectivity index (χ4n) is 2.02. The van der Waals surface area contributed by atoms with Gasteiger partial charge in [-0.15, -0.1) is 6.58 Å². The van der Waals surface area contributed by atoms with Crippen LogP contribution in [-0.4, -0.2) is 26.4 Å². The van der Waals surface area contributed by atoms with Crippen molar-refractivity contribution in [2.75, 3.05) is 14.2 Å². The first-order chi connectivity index (χ1) is 7.79. The van der Waals surface area contributed by atoms with Gasteiger partial charge in [-0.3, -0.25) is 0 Å². The summed E-state index contributed by atoms with van der Waals surface area (Å²) in [6, 6.07) is 0. The van der Waals surface area contributed by atoms with Gasteiger partial charge in [-0.1, -0.05) is 32.3 Å². The highest BCUT2D eigenvalue weighted by Gasteiger charge is 2.18. The van der Waals surface area contributed by atoms with Gasteiger partial charge >= 0.3 is 0 Å². The summed E-state index contributed by atoms with van der Waals surface area (Å²) >= 11 is 0. The van der Waals surface area contributed by atoms with Crippen molar-refractivity contribution in [2.45, 2.75) is 64.1 Å². The first-order valence-corrected chi connectivity index (χ1v) is 6.46. The number of methoxy groups -OCH3 is 2. The Morgan fingerprint density at radius 3 is 2.12 bits per heavy atom. The maximum absolute atomic E-state index is 5.48. The Hall–Kier alpha value is -0.340. The van der Waals surface area contributed by atoms with Crippen LogP contribution < -0.4 is 0 Å². The number of rotatable bonds is 11. The SMILES string of the molecule is C=CCCCCCCC(OC)C(CC)OC. The molecular formula is C14H28O2. The van der Waals surface area contributed by atoms with Gasteiger partial charge in [0.25, 0.3) is 0 Å². The van der Waals surface area contributed by atoms with Crippen LogP contribution in [0.2, 0.25) is 0 Å². The minimum atomic E-state index is 0.248. The maximum Gasteiger partial charge on any atom is 0.0832 e. The van der Waals surface area contributed by atoms with Gasteiger partial charge in [-0.2, -0.15) is 0 Å². The minimum absolute atomic E-state index is 0.248. The van der Waals surface area contributed by atoms with Crippen molar-refractivity contribution in [3.63, 3.8) is 0 Å².